The van der Waals surface area contributed by atoms with Crippen molar-refractivity contribution in [3.63, 3.8) is 0 Å². The van der Waals surface area contributed by atoms with Crippen molar-refractivity contribution in [2.75, 3.05) is 0 Å². The SMILES string of the molecule is Cc1ccc(F)c(C(O)c2cccnc2)c1F. The number of rotatable bonds is 2. The van der Waals surface area contributed by atoms with Crippen LogP contribution in [-0.2, 0) is 0 Å². The Bertz CT molecular complexity index is 528. The molecule has 1 N–H and O–H groups in total. The maximum absolute atomic E-state index is 13.8. The number of halogens is 2. The molecule has 2 rings (SSSR count). The minimum Gasteiger partial charge on any atom is -0.383 e. The van der Waals surface area contributed by atoms with Crippen LogP contribution in [0.1, 0.15) is 22.8 Å². The highest BCUT2D eigenvalue weighted by Crippen LogP contribution is 2.27. The third-order valence-corrected chi connectivity index (χ3v) is 2.59. The molecule has 0 amide bonds. The van der Waals surface area contributed by atoms with Crippen LogP contribution in [0.4, 0.5) is 8.78 Å². The van der Waals surface area contributed by atoms with Gasteiger partial charge in [-0.05, 0) is 24.6 Å². The zero-order valence-electron chi connectivity index (χ0n) is 9.19. The maximum atomic E-state index is 13.8. The molecule has 0 saturated carbocycles. The lowest BCUT2D eigenvalue weighted by Gasteiger charge is -2.14. The molecule has 1 atom stereocenters. The minimum absolute atomic E-state index is 0.296. The average Bonchev–Trinajstić information content (AvgIpc) is 2.35. The average molecular weight is 235 g/mol. The molecule has 1 aromatic carbocycles. The summed E-state index contributed by atoms with van der Waals surface area (Å²) in [4.78, 5) is 3.81. The van der Waals surface area contributed by atoms with E-state index in [1.54, 1.807) is 12.1 Å². The number of hydrogen-bond donors (Lipinski definition) is 1. The summed E-state index contributed by atoms with van der Waals surface area (Å²) in [7, 11) is 0. The number of nitrogens with zero attached hydrogens (tertiary/aromatic N) is 1. The van der Waals surface area contributed by atoms with Crippen molar-refractivity contribution in [1.29, 1.82) is 0 Å². The zero-order chi connectivity index (χ0) is 12.4. The van der Waals surface area contributed by atoms with Gasteiger partial charge in [-0.15, -0.1) is 0 Å². The molecular weight excluding hydrogens is 224 g/mol. The molecule has 1 aromatic heterocycles. The number of hydrogen-bond acceptors (Lipinski definition) is 2. The molecule has 0 aliphatic heterocycles. The highest BCUT2D eigenvalue weighted by atomic mass is 19.1. The van der Waals surface area contributed by atoms with Crippen LogP contribution in [-0.4, -0.2) is 10.1 Å². The van der Waals surface area contributed by atoms with Crippen molar-refractivity contribution in [3.05, 3.63) is 65.0 Å². The van der Waals surface area contributed by atoms with E-state index >= 15 is 0 Å². The number of benzene rings is 1. The van der Waals surface area contributed by atoms with Crippen LogP contribution >= 0.6 is 0 Å². The number of aliphatic hydroxyl groups excluding tert-OH is 1. The highest BCUT2D eigenvalue weighted by Gasteiger charge is 2.20. The van der Waals surface area contributed by atoms with Gasteiger partial charge in [0.05, 0.1) is 5.56 Å². The van der Waals surface area contributed by atoms with Crippen LogP contribution in [0.2, 0.25) is 0 Å². The Morgan fingerprint density at radius 1 is 1.24 bits per heavy atom. The van der Waals surface area contributed by atoms with Crippen molar-refractivity contribution in [2.45, 2.75) is 13.0 Å². The van der Waals surface area contributed by atoms with Crippen molar-refractivity contribution < 1.29 is 13.9 Å². The monoisotopic (exact) mass is 235 g/mol. The topological polar surface area (TPSA) is 33.1 Å². The molecule has 0 aliphatic carbocycles. The number of aliphatic hydroxyl groups is 1. The number of aryl methyl sites for hydroxylation is 1. The van der Waals surface area contributed by atoms with E-state index in [4.69, 9.17) is 0 Å². The first kappa shape index (κ1) is 11.7. The first-order chi connectivity index (χ1) is 8.11. The standard InChI is InChI=1S/C13H11F2NO/c1-8-4-5-10(14)11(12(8)15)13(17)9-3-2-6-16-7-9/h2-7,13,17H,1H3. The third kappa shape index (κ3) is 2.17. The largest absolute Gasteiger partial charge is 0.383 e. The van der Waals surface area contributed by atoms with E-state index in [9.17, 15) is 13.9 Å². The molecule has 0 radical (unpaired) electrons. The predicted molar refractivity (Wildman–Crippen MR) is 59.4 cm³/mol. The van der Waals surface area contributed by atoms with Crippen LogP contribution in [0.5, 0.6) is 0 Å². The van der Waals surface area contributed by atoms with E-state index in [0.717, 1.165) is 6.07 Å². The fourth-order valence-electron chi connectivity index (χ4n) is 1.63. The number of aromatic nitrogens is 1. The molecular formula is C13H11F2NO. The lowest BCUT2D eigenvalue weighted by molar-refractivity contribution is 0.208. The van der Waals surface area contributed by atoms with E-state index in [0.29, 0.717) is 11.1 Å². The van der Waals surface area contributed by atoms with Crippen LogP contribution in [0.15, 0.2) is 36.7 Å². The van der Waals surface area contributed by atoms with Crippen LogP contribution in [0.25, 0.3) is 0 Å². The molecule has 1 heterocycles. The Balaban J connectivity index is 2.51. The van der Waals surface area contributed by atoms with Crippen molar-refractivity contribution >= 4 is 0 Å². The normalized spacial score (nSPS) is 12.5. The van der Waals surface area contributed by atoms with Gasteiger partial charge in [-0.3, -0.25) is 4.98 Å². The minimum atomic E-state index is -1.34. The van der Waals surface area contributed by atoms with E-state index in [1.165, 1.54) is 25.4 Å². The molecule has 0 spiro atoms. The van der Waals surface area contributed by atoms with Gasteiger partial charge < -0.3 is 5.11 Å². The zero-order valence-corrected chi connectivity index (χ0v) is 9.19. The van der Waals surface area contributed by atoms with Crippen LogP contribution in [0.3, 0.4) is 0 Å². The van der Waals surface area contributed by atoms with Crippen molar-refractivity contribution in [1.82, 2.24) is 4.98 Å². The van der Waals surface area contributed by atoms with Crippen molar-refractivity contribution in [3.8, 4) is 0 Å². The van der Waals surface area contributed by atoms with E-state index in [1.807, 2.05) is 0 Å². The van der Waals surface area contributed by atoms with Gasteiger partial charge >= 0.3 is 0 Å². The van der Waals surface area contributed by atoms with Gasteiger partial charge in [-0.1, -0.05) is 12.1 Å². The van der Waals surface area contributed by atoms with Gasteiger partial charge in [-0.2, -0.15) is 0 Å². The van der Waals surface area contributed by atoms with Gasteiger partial charge in [0.1, 0.15) is 17.7 Å². The quantitative estimate of drug-likeness (QED) is 0.868. The second-order valence-corrected chi connectivity index (χ2v) is 3.78. The summed E-state index contributed by atoms with van der Waals surface area (Å²) in [5.41, 5.74) is 0.318. The van der Waals surface area contributed by atoms with Gasteiger partial charge in [0.15, 0.2) is 0 Å². The van der Waals surface area contributed by atoms with Gasteiger partial charge in [0, 0.05) is 18.0 Å². The lowest BCUT2D eigenvalue weighted by atomic mass is 10.00. The highest BCUT2D eigenvalue weighted by molar-refractivity contribution is 5.33. The first-order valence-electron chi connectivity index (χ1n) is 5.13. The van der Waals surface area contributed by atoms with E-state index in [2.05, 4.69) is 4.98 Å². The molecule has 0 fully saturated rings. The molecule has 2 nitrogen and oxygen atoms in total. The molecule has 1 unspecified atom stereocenters. The predicted octanol–water partition coefficient (Wildman–Crippen LogP) is 2.75. The molecule has 88 valence electrons. The second kappa shape index (κ2) is 4.59. The second-order valence-electron chi connectivity index (χ2n) is 3.78. The van der Waals surface area contributed by atoms with Crippen LogP contribution < -0.4 is 0 Å². The molecule has 0 bridgehead atoms. The Morgan fingerprint density at radius 3 is 2.65 bits per heavy atom. The molecule has 4 heteroatoms. The summed E-state index contributed by atoms with van der Waals surface area (Å²) in [5, 5.41) is 9.96. The first-order valence-corrected chi connectivity index (χ1v) is 5.13. The summed E-state index contributed by atoms with van der Waals surface area (Å²) in [6, 6.07) is 5.65. The summed E-state index contributed by atoms with van der Waals surface area (Å²) < 4.78 is 27.3. The fourth-order valence-corrected chi connectivity index (χ4v) is 1.63. The fraction of sp³-hybridized carbons (Fsp3) is 0.154. The van der Waals surface area contributed by atoms with Crippen LogP contribution in [0, 0.1) is 18.6 Å². The Kier molecular flexibility index (Phi) is 3.15. The summed E-state index contributed by atoms with van der Waals surface area (Å²) >= 11 is 0. The summed E-state index contributed by atoms with van der Waals surface area (Å²) in [6.45, 7) is 1.52. The lowest BCUT2D eigenvalue weighted by Crippen LogP contribution is -2.07. The molecule has 17 heavy (non-hydrogen) atoms. The van der Waals surface area contributed by atoms with Gasteiger partial charge in [-0.25, -0.2) is 8.78 Å². The Labute approximate surface area is 97.6 Å². The number of pyridine rings is 1. The van der Waals surface area contributed by atoms with Gasteiger partial charge in [0.2, 0.25) is 0 Å². The smallest absolute Gasteiger partial charge is 0.135 e. The third-order valence-electron chi connectivity index (χ3n) is 2.59. The Hall–Kier alpha value is -1.81. The van der Waals surface area contributed by atoms with E-state index < -0.39 is 17.7 Å². The van der Waals surface area contributed by atoms with Crippen molar-refractivity contribution in [2.24, 2.45) is 0 Å². The van der Waals surface area contributed by atoms with E-state index in [-0.39, 0.29) is 5.56 Å². The molecule has 0 saturated heterocycles. The maximum Gasteiger partial charge on any atom is 0.135 e. The Morgan fingerprint density at radius 2 is 2.00 bits per heavy atom. The molecule has 0 aliphatic rings. The summed E-state index contributed by atoms with van der Waals surface area (Å²) in [5.74, 6) is -1.48. The van der Waals surface area contributed by atoms with Gasteiger partial charge in [0.25, 0.3) is 0 Å². The summed E-state index contributed by atoms with van der Waals surface area (Å²) in [6.07, 6.45) is 1.56. The molecule has 2 aromatic rings.